The lowest BCUT2D eigenvalue weighted by Crippen LogP contribution is -2.39. The van der Waals surface area contributed by atoms with Gasteiger partial charge in [-0.1, -0.05) is 58.4 Å². The van der Waals surface area contributed by atoms with E-state index in [4.69, 9.17) is 4.98 Å². The van der Waals surface area contributed by atoms with Gasteiger partial charge >= 0.3 is 0 Å². The molecule has 2 aromatic carbocycles. The molecule has 0 bridgehead atoms. The van der Waals surface area contributed by atoms with Gasteiger partial charge in [-0.05, 0) is 18.2 Å². The Morgan fingerprint density at radius 2 is 1.70 bits per heavy atom. The molecule has 0 unspecified atom stereocenters. The first-order valence-electron chi connectivity index (χ1n) is 8.49. The molecule has 2 aromatic heterocycles. The molecule has 0 spiro atoms. The van der Waals surface area contributed by atoms with E-state index in [0.717, 1.165) is 32.0 Å². The van der Waals surface area contributed by atoms with E-state index in [9.17, 15) is 4.79 Å². The molecule has 0 saturated carbocycles. The summed E-state index contributed by atoms with van der Waals surface area (Å²) in [6, 6.07) is 23.4. The molecule has 0 N–H and O–H groups in total. The Labute approximate surface area is 170 Å². The summed E-state index contributed by atoms with van der Waals surface area (Å²) in [5, 5.41) is 2.95. The number of carbonyl (C=O) groups excluding carboxylic acids is 1. The second-order valence-corrected chi connectivity index (χ2v) is 7.82. The number of carbonyl (C=O) groups is 1. The van der Waals surface area contributed by atoms with Crippen LogP contribution in [0, 0.1) is 0 Å². The minimum Gasteiger partial charge on any atom is -0.287 e. The maximum Gasteiger partial charge on any atom is 0.241 e. The Kier molecular flexibility index (Phi) is 5.23. The SMILES string of the molecule is O=C(C[n+]1ccccc1-c1nc(-c2ccc(Br)cc2)cs1)c1ccccc1. The quantitative estimate of drug-likeness (QED) is 0.310. The molecule has 27 heavy (non-hydrogen) atoms. The minimum absolute atomic E-state index is 0.0812. The van der Waals surface area contributed by atoms with Crippen molar-refractivity contribution in [2.24, 2.45) is 0 Å². The molecule has 2 heterocycles. The molecule has 132 valence electrons. The van der Waals surface area contributed by atoms with Gasteiger partial charge in [0.15, 0.2) is 11.2 Å². The second-order valence-electron chi connectivity index (χ2n) is 6.05. The molecule has 3 nitrogen and oxygen atoms in total. The number of thiazole rings is 1. The topological polar surface area (TPSA) is 33.8 Å². The molecule has 0 aliphatic rings. The Balaban J connectivity index is 1.63. The smallest absolute Gasteiger partial charge is 0.241 e. The van der Waals surface area contributed by atoms with Crippen molar-refractivity contribution in [1.82, 2.24) is 4.98 Å². The Morgan fingerprint density at radius 1 is 0.963 bits per heavy atom. The van der Waals surface area contributed by atoms with Crippen molar-refractivity contribution in [2.75, 3.05) is 0 Å². The third-order valence-electron chi connectivity index (χ3n) is 4.21. The van der Waals surface area contributed by atoms with Crippen LogP contribution in [-0.2, 0) is 6.54 Å². The van der Waals surface area contributed by atoms with Crippen LogP contribution in [0.2, 0.25) is 0 Å². The summed E-state index contributed by atoms with van der Waals surface area (Å²) in [5.41, 5.74) is 3.67. The lowest BCUT2D eigenvalue weighted by molar-refractivity contribution is -0.672. The molecule has 0 saturated heterocycles. The van der Waals surface area contributed by atoms with Crippen LogP contribution in [-0.4, -0.2) is 10.8 Å². The highest BCUT2D eigenvalue weighted by Crippen LogP contribution is 2.28. The zero-order valence-corrected chi connectivity index (χ0v) is 16.8. The van der Waals surface area contributed by atoms with Crippen LogP contribution in [0.4, 0.5) is 0 Å². The molecule has 0 radical (unpaired) electrons. The number of aromatic nitrogens is 2. The fourth-order valence-corrected chi connectivity index (χ4v) is 3.96. The van der Waals surface area contributed by atoms with Gasteiger partial charge in [0.2, 0.25) is 18.0 Å². The van der Waals surface area contributed by atoms with Gasteiger partial charge in [-0.2, -0.15) is 4.57 Å². The van der Waals surface area contributed by atoms with Gasteiger partial charge in [-0.15, -0.1) is 11.3 Å². The van der Waals surface area contributed by atoms with Crippen molar-refractivity contribution in [3.63, 3.8) is 0 Å². The normalized spacial score (nSPS) is 10.7. The zero-order valence-electron chi connectivity index (χ0n) is 14.4. The zero-order chi connectivity index (χ0) is 18.6. The summed E-state index contributed by atoms with van der Waals surface area (Å²) < 4.78 is 3.00. The lowest BCUT2D eigenvalue weighted by Gasteiger charge is -2.02. The van der Waals surface area contributed by atoms with E-state index in [0.29, 0.717) is 0 Å². The molecule has 0 aliphatic carbocycles. The van der Waals surface area contributed by atoms with Gasteiger partial charge in [0.25, 0.3) is 0 Å². The van der Waals surface area contributed by atoms with Crippen LogP contribution < -0.4 is 4.57 Å². The Hall–Kier alpha value is -2.63. The summed E-state index contributed by atoms with van der Waals surface area (Å²) in [7, 11) is 0. The van der Waals surface area contributed by atoms with Crippen molar-refractivity contribution in [2.45, 2.75) is 6.54 Å². The molecule has 0 amide bonds. The van der Waals surface area contributed by atoms with Crippen molar-refractivity contribution >= 4 is 33.0 Å². The number of hydrogen-bond acceptors (Lipinski definition) is 3. The molecule has 0 aliphatic heterocycles. The van der Waals surface area contributed by atoms with Gasteiger partial charge in [-0.25, -0.2) is 4.98 Å². The van der Waals surface area contributed by atoms with Crippen LogP contribution in [0.15, 0.2) is 88.8 Å². The number of benzene rings is 2. The Bertz CT molecular complexity index is 1070. The first-order valence-corrected chi connectivity index (χ1v) is 10.2. The number of ketones is 1. The number of rotatable bonds is 5. The molecular weight excluding hydrogens is 420 g/mol. The molecular formula is C22H16BrN2OS+. The van der Waals surface area contributed by atoms with Crippen molar-refractivity contribution in [3.8, 4) is 22.0 Å². The first-order chi connectivity index (χ1) is 13.2. The van der Waals surface area contributed by atoms with Crippen molar-refractivity contribution < 1.29 is 9.36 Å². The van der Waals surface area contributed by atoms with Gasteiger partial charge in [0.1, 0.15) is 0 Å². The van der Waals surface area contributed by atoms with Gasteiger partial charge in [-0.3, -0.25) is 4.79 Å². The standard InChI is InChI=1S/C22H16BrN2OS/c23-18-11-9-16(10-12-18)19-15-27-22(24-19)20-8-4-5-13-25(20)14-21(26)17-6-2-1-3-7-17/h1-13,15H,14H2/q+1. The third-order valence-corrected chi connectivity index (χ3v) is 5.61. The van der Waals surface area contributed by atoms with Crippen LogP contribution in [0.1, 0.15) is 10.4 Å². The number of halogens is 1. The van der Waals surface area contributed by atoms with Crippen LogP contribution in [0.5, 0.6) is 0 Å². The van der Waals surface area contributed by atoms with E-state index >= 15 is 0 Å². The maximum atomic E-state index is 12.6. The van der Waals surface area contributed by atoms with Crippen LogP contribution in [0.3, 0.4) is 0 Å². The van der Waals surface area contributed by atoms with Gasteiger partial charge in [0, 0.05) is 33.1 Å². The molecule has 4 aromatic rings. The first kappa shape index (κ1) is 17.8. The Morgan fingerprint density at radius 3 is 2.48 bits per heavy atom. The summed E-state index contributed by atoms with van der Waals surface area (Å²) in [5.74, 6) is 0.0812. The predicted octanol–water partition coefficient (Wildman–Crippen LogP) is 5.41. The van der Waals surface area contributed by atoms with Gasteiger partial charge in [0.05, 0.1) is 5.69 Å². The highest BCUT2D eigenvalue weighted by Gasteiger charge is 2.20. The van der Waals surface area contributed by atoms with E-state index in [1.807, 2.05) is 83.6 Å². The minimum atomic E-state index is 0.0812. The highest BCUT2D eigenvalue weighted by atomic mass is 79.9. The average molecular weight is 436 g/mol. The van der Waals surface area contributed by atoms with E-state index in [1.165, 1.54) is 0 Å². The number of nitrogens with zero attached hydrogens (tertiary/aromatic N) is 2. The van der Waals surface area contributed by atoms with Crippen molar-refractivity contribution in [3.05, 3.63) is 94.4 Å². The maximum absolute atomic E-state index is 12.6. The molecule has 0 fully saturated rings. The molecule has 4 rings (SSSR count). The molecule has 0 atom stereocenters. The largest absolute Gasteiger partial charge is 0.287 e. The molecule has 5 heteroatoms. The van der Waals surface area contributed by atoms with Gasteiger partial charge < -0.3 is 0 Å². The average Bonchev–Trinajstić information content (AvgIpc) is 3.19. The monoisotopic (exact) mass is 435 g/mol. The van der Waals surface area contributed by atoms with E-state index < -0.39 is 0 Å². The fourth-order valence-electron chi connectivity index (χ4n) is 2.82. The van der Waals surface area contributed by atoms with E-state index in [-0.39, 0.29) is 12.3 Å². The second kappa shape index (κ2) is 7.94. The van der Waals surface area contributed by atoms with Crippen molar-refractivity contribution in [1.29, 1.82) is 0 Å². The lowest BCUT2D eigenvalue weighted by atomic mass is 10.1. The van der Waals surface area contributed by atoms with Crippen LogP contribution >= 0.6 is 27.3 Å². The number of hydrogen-bond donors (Lipinski definition) is 0. The van der Waals surface area contributed by atoms with Crippen LogP contribution in [0.25, 0.3) is 22.0 Å². The summed E-state index contributed by atoms with van der Waals surface area (Å²) >= 11 is 5.04. The van der Waals surface area contributed by atoms with E-state index in [1.54, 1.807) is 11.3 Å². The number of pyridine rings is 1. The van der Waals surface area contributed by atoms with E-state index in [2.05, 4.69) is 21.3 Å². The number of Topliss-reactive ketones (excluding diaryl/α,β-unsaturated/α-hetero) is 1. The fraction of sp³-hybridized carbons (Fsp3) is 0.0455. The predicted molar refractivity (Wildman–Crippen MR) is 112 cm³/mol. The summed E-state index contributed by atoms with van der Waals surface area (Å²) in [4.78, 5) is 17.4. The third kappa shape index (κ3) is 4.04. The summed E-state index contributed by atoms with van der Waals surface area (Å²) in [6.45, 7) is 0.285. The summed E-state index contributed by atoms with van der Waals surface area (Å²) in [6.07, 6.45) is 1.93. The highest BCUT2D eigenvalue weighted by molar-refractivity contribution is 9.10.